The van der Waals surface area contributed by atoms with Gasteiger partial charge in [-0.25, -0.2) is 0 Å². The number of allylic oxidation sites excluding steroid dienone is 1. The molecule has 0 unspecified atom stereocenters. The van der Waals surface area contributed by atoms with Gasteiger partial charge >= 0.3 is 0 Å². The van der Waals surface area contributed by atoms with Crippen LogP contribution in [0, 0.1) is 12.3 Å². The number of hydrogen-bond donors (Lipinski definition) is 2. The van der Waals surface area contributed by atoms with E-state index < -0.39 is 0 Å². The van der Waals surface area contributed by atoms with E-state index in [0.29, 0.717) is 10.3 Å². The minimum absolute atomic E-state index is 0.275. The number of hydrogen-bond acceptors (Lipinski definition) is 3. The molecule has 0 amide bonds. The number of pyridine rings is 1. The Morgan fingerprint density at radius 3 is 2.75 bits per heavy atom. The maximum absolute atomic E-state index is 7.23. The highest BCUT2D eigenvalue weighted by molar-refractivity contribution is 9.18. The van der Waals surface area contributed by atoms with Crippen LogP contribution in [0.1, 0.15) is 11.4 Å². The van der Waals surface area contributed by atoms with Crippen molar-refractivity contribution >= 4 is 42.2 Å². The molecule has 2 N–H and O–H groups in total. The monoisotopic (exact) mass is 343 g/mol. The Balaban J connectivity index is 2.77. The van der Waals surface area contributed by atoms with Crippen molar-refractivity contribution in [3.63, 3.8) is 0 Å². The fourth-order valence-electron chi connectivity index (χ4n) is 1.07. The van der Waals surface area contributed by atoms with E-state index in [2.05, 4.69) is 48.7 Å². The van der Waals surface area contributed by atoms with E-state index in [1.165, 1.54) is 0 Å². The number of aromatic nitrogens is 1. The fourth-order valence-corrected chi connectivity index (χ4v) is 2.07. The summed E-state index contributed by atoms with van der Waals surface area (Å²) in [6, 6.07) is 5.73. The molecule has 1 aromatic heterocycles. The second-order valence-electron chi connectivity index (χ2n) is 3.11. The summed E-state index contributed by atoms with van der Waals surface area (Å²) in [7, 11) is 0. The van der Waals surface area contributed by atoms with Gasteiger partial charge in [-0.05, 0) is 50.9 Å². The summed E-state index contributed by atoms with van der Waals surface area (Å²) >= 11 is 6.31. The third-order valence-electron chi connectivity index (χ3n) is 1.72. The highest BCUT2D eigenvalue weighted by Crippen LogP contribution is 2.12. The van der Waals surface area contributed by atoms with Crippen molar-refractivity contribution in [1.29, 1.82) is 5.41 Å². The largest absolute Gasteiger partial charge is 0.348 e. The summed E-state index contributed by atoms with van der Waals surface area (Å²) in [5.41, 5.74) is 2.40. The lowest BCUT2D eigenvalue weighted by atomic mass is 10.2. The van der Waals surface area contributed by atoms with Crippen molar-refractivity contribution in [2.24, 2.45) is 0 Å². The van der Waals surface area contributed by atoms with E-state index in [9.17, 15) is 0 Å². The Bertz CT molecular complexity index is 452. The molecule has 5 heteroatoms. The molecule has 0 aromatic carbocycles. The molecule has 0 aliphatic rings. The molecule has 0 aliphatic heterocycles. The van der Waals surface area contributed by atoms with E-state index in [1.807, 2.05) is 25.1 Å². The third kappa shape index (κ3) is 4.28. The highest BCUT2D eigenvalue weighted by Gasteiger charge is 2.01. The molecule has 84 valence electrons. The Hall–Kier alpha value is -0.940. The molecule has 0 radical (unpaired) electrons. The van der Waals surface area contributed by atoms with E-state index >= 15 is 0 Å². The van der Waals surface area contributed by atoms with Crippen molar-refractivity contribution in [1.82, 2.24) is 10.3 Å². The van der Waals surface area contributed by atoms with Gasteiger partial charge in [0.05, 0.1) is 20.6 Å². The molecule has 0 aliphatic carbocycles. The average molecular weight is 345 g/mol. The molecule has 0 atom stereocenters. The van der Waals surface area contributed by atoms with Gasteiger partial charge in [-0.15, -0.1) is 0 Å². The minimum atomic E-state index is 0.275. The second kappa shape index (κ2) is 5.96. The number of nitrogens with zero attached hydrogens (tertiary/aromatic N) is 1. The van der Waals surface area contributed by atoms with Gasteiger partial charge in [0.1, 0.15) is 0 Å². The Morgan fingerprint density at radius 2 is 2.19 bits per heavy atom. The molecule has 1 aromatic rings. The fraction of sp³-hybridized carbons (Fsp3) is 0.0909. The van der Waals surface area contributed by atoms with Gasteiger partial charge in [-0.1, -0.05) is 12.6 Å². The molecular weight excluding hydrogens is 334 g/mol. The Kier molecular flexibility index (Phi) is 4.89. The summed E-state index contributed by atoms with van der Waals surface area (Å²) < 4.78 is 0.930. The highest BCUT2D eigenvalue weighted by atomic mass is 79.9. The zero-order valence-corrected chi connectivity index (χ0v) is 11.9. The number of halogens is 2. The van der Waals surface area contributed by atoms with Crippen LogP contribution in [0.25, 0.3) is 5.70 Å². The van der Waals surface area contributed by atoms with Crippen LogP contribution >= 0.6 is 31.9 Å². The first kappa shape index (κ1) is 13.1. The van der Waals surface area contributed by atoms with Crippen LogP contribution in [0.15, 0.2) is 35.5 Å². The molecule has 0 bridgehead atoms. The van der Waals surface area contributed by atoms with Gasteiger partial charge in [0.2, 0.25) is 0 Å². The van der Waals surface area contributed by atoms with Crippen LogP contribution in [0.4, 0.5) is 0 Å². The van der Waals surface area contributed by atoms with Gasteiger partial charge in [0.25, 0.3) is 0 Å². The molecule has 1 rings (SSSR count). The lowest BCUT2D eigenvalue weighted by molar-refractivity contribution is 1.11. The molecule has 16 heavy (non-hydrogen) atoms. The molecule has 1 heterocycles. The summed E-state index contributed by atoms with van der Waals surface area (Å²) in [4.78, 5) is 4.33. The summed E-state index contributed by atoms with van der Waals surface area (Å²) in [6.45, 7) is 5.81. The van der Waals surface area contributed by atoms with Crippen LogP contribution in [0.3, 0.4) is 0 Å². The Labute approximate surface area is 111 Å². The number of aryl methyl sites for hydroxylation is 1. The van der Waals surface area contributed by atoms with E-state index in [-0.39, 0.29) is 4.62 Å². The van der Waals surface area contributed by atoms with Crippen molar-refractivity contribution in [2.75, 3.05) is 0 Å². The third-order valence-corrected chi connectivity index (χ3v) is 2.38. The molecule has 0 saturated heterocycles. The van der Waals surface area contributed by atoms with Crippen LogP contribution in [0.5, 0.6) is 0 Å². The predicted molar refractivity (Wildman–Crippen MR) is 74.8 cm³/mol. The lowest BCUT2D eigenvalue weighted by Gasteiger charge is -2.08. The van der Waals surface area contributed by atoms with Gasteiger partial charge < -0.3 is 5.32 Å². The van der Waals surface area contributed by atoms with Crippen LogP contribution in [0.2, 0.25) is 0 Å². The molecule has 0 saturated carbocycles. The standard InChI is InChI=1S/C11H11Br2N3/c1-7-4-3-5-9(15-7)8(2)16-11(13)6-10(12)14/h3-6,14,16H,2H2,1H3. The summed E-state index contributed by atoms with van der Waals surface area (Å²) in [5, 5.41) is 10.2. The zero-order chi connectivity index (χ0) is 12.1. The van der Waals surface area contributed by atoms with Crippen molar-refractivity contribution in [2.45, 2.75) is 6.92 Å². The summed E-state index contributed by atoms with van der Waals surface area (Å²) in [5.74, 6) is 0. The van der Waals surface area contributed by atoms with E-state index in [4.69, 9.17) is 5.41 Å². The summed E-state index contributed by atoms with van der Waals surface area (Å²) in [6.07, 6.45) is 1.58. The topological polar surface area (TPSA) is 48.8 Å². The first-order valence-electron chi connectivity index (χ1n) is 4.50. The molecule has 3 nitrogen and oxygen atoms in total. The maximum Gasteiger partial charge on any atom is 0.0993 e. The van der Waals surface area contributed by atoms with Gasteiger partial charge in [0, 0.05) is 11.8 Å². The number of nitrogens with one attached hydrogen (secondary N) is 2. The van der Waals surface area contributed by atoms with Gasteiger partial charge in [-0.3, -0.25) is 10.4 Å². The van der Waals surface area contributed by atoms with Crippen LogP contribution in [-0.4, -0.2) is 9.60 Å². The Morgan fingerprint density at radius 1 is 1.50 bits per heavy atom. The zero-order valence-electron chi connectivity index (χ0n) is 8.72. The quantitative estimate of drug-likeness (QED) is 0.648. The van der Waals surface area contributed by atoms with E-state index in [1.54, 1.807) is 6.08 Å². The normalized spacial score (nSPS) is 11.1. The SMILES string of the molecule is C=C(NC(Br)=CC(=N)Br)c1cccc(C)n1. The van der Waals surface area contributed by atoms with Gasteiger partial charge in [0.15, 0.2) is 0 Å². The first-order chi connectivity index (χ1) is 7.49. The minimum Gasteiger partial charge on any atom is -0.348 e. The molecule has 0 fully saturated rings. The second-order valence-corrected chi connectivity index (χ2v) is 4.82. The van der Waals surface area contributed by atoms with Crippen LogP contribution in [-0.2, 0) is 0 Å². The first-order valence-corrected chi connectivity index (χ1v) is 6.09. The van der Waals surface area contributed by atoms with Crippen LogP contribution < -0.4 is 5.32 Å². The van der Waals surface area contributed by atoms with Gasteiger partial charge in [-0.2, -0.15) is 0 Å². The predicted octanol–water partition coefficient (Wildman–Crippen LogP) is 3.56. The maximum atomic E-state index is 7.23. The van der Waals surface area contributed by atoms with Crippen molar-refractivity contribution < 1.29 is 0 Å². The van der Waals surface area contributed by atoms with Crippen molar-refractivity contribution in [3.8, 4) is 0 Å². The van der Waals surface area contributed by atoms with Crippen molar-refractivity contribution in [3.05, 3.63) is 46.8 Å². The lowest BCUT2D eigenvalue weighted by Crippen LogP contribution is -2.09. The number of rotatable bonds is 4. The molecule has 0 spiro atoms. The van der Waals surface area contributed by atoms with E-state index in [0.717, 1.165) is 11.4 Å². The average Bonchev–Trinajstić information content (AvgIpc) is 2.16. The smallest absolute Gasteiger partial charge is 0.0993 e. The molecular formula is C11H11Br2N3.